The van der Waals surface area contributed by atoms with Crippen LogP contribution >= 0.6 is 0 Å². The minimum Gasteiger partial charge on any atom is -0.478 e. The van der Waals surface area contributed by atoms with Crippen LogP contribution < -0.4 is 10.1 Å². The first-order valence-electron chi connectivity index (χ1n) is 5.60. The lowest BCUT2D eigenvalue weighted by molar-refractivity contribution is 0.326. The zero-order chi connectivity index (χ0) is 10.5. The van der Waals surface area contributed by atoms with Crippen LogP contribution in [-0.2, 0) is 0 Å². The third-order valence-electron chi connectivity index (χ3n) is 2.64. The van der Waals surface area contributed by atoms with Gasteiger partial charge in [-0.05, 0) is 19.8 Å². The standard InChI is InChI=1S/C11H17N3O/c1-2-15-11-7-10(12-8-13-11)14-9-5-3-4-6-9/h7-9H,2-6H2,1H3,(H,12,13,14). The molecule has 0 spiro atoms. The zero-order valence-electron chi connectivity index (χ0n) is 9.07. The summed E-state index contributed by atoms with van der Waals surface area (Å²) in [5.74, 6) is 1.52. The zero-order valence-corrected chi connectivity index (χ0v) is 9.07. The molecule has 82 valence electrons. The molecule has 1 aromatic rings. The van der Waals surface area contributed by atoms with E-state index in [1.54, 1.807) is 6.33 Å². The van der Waals surface area contributed by atoms with Gasteiger partial charge in [0.25, 0.3) is 0 Å². The fourth-order valence-electron chi connectivity index (χ4n) is 1.92. The van der Waals surface area contributed by atoms with Gasteiger partial charge in [0.15, 0.2) is 0 Å². The van der Waals surface area contributed by atoms with Crippen molar-refractivity contribution >= 4 is 5.82 Å². The molecule has 1 heterocycles. The van der Waals surface area contributed by atoms with Crippen LogP contribution in [0.3, 0.4) is 0 Å². The van der Waals surface area contributed by atoms with Crippen LogP contribution in [0.1, 0.15) is 32.6 Å². The summed E-state index contributed by atoms with van der Waals surface area (Å²) in [6.45, 7) is 2.59. The maximum atomic E-state index is 5.32. The van der Waals surface area contributed by atoms with Crippen molar-refractivity contribution in [1.29, 1.82) is 0 Å². The summed E-state index contributed by atoms with van der Waals surface area (Å²) in [6.07, 6.45) is 6.67. The van der Waals surface area contributed by atoms with E-state index in [0.29, 0.717) is 18.5 Å². The van der Waals surface area contributed by atoms with Crippen LogP contribution in [0.15, 0.2) is 12.4 Å². The number of ether oxygens (including phenoxy) is 1. The molecule has 1 aromatic heterocycles. The SMILES string of the molecule is CCOc1cc(NC2CCCC2)ncn1. The van der Waals surface area contributed by atoms with E-state index in [0.717, 1.165) is 5.82 Å². The fraction of sp³-hybridized carbons (Fsp3) is 0.636. The molecule has 0 aromatic carbocycles. The molecular weight excluding hydrogens is 190 g/mol. The van der Waals surface area contributed by atoms with Crippen molar-refractivity contribution in [3.63, 3.8) is 0 Å². The predicted octanol–water partition coefficient (Wildman–Crippen LogP) is 2.23. The largest absolute Gasteiger partial charge is 0.478 e. The van der Waals surface area contributed by atoms with Gasteiger partial charge in [-0.3, -0.25) is 0 Å². The van der Waals surface area contributed by atoms with E-state index in [9.17, 15) is 0 Å². The van der Waals surface area contributed by atoms with Crippen LogP contribution in [0.4, 0.5) is 5.82 Å². The molecule has 1 aliphatic carbocycles. The molecule has 4 nitrogen and oxygen atoms in total. The Kier molecular flexibility index (Phi) is 3.37. The third-order valence-corrected chi connectivity index (χ3v) is 2.64. The highest BCUT2D eigenvalue weighted by atomic mass is 16.5. The summed E-state index contributed by atoms with van der Waals surface area (Å²) in [5.41, 5.74) is 0. The van der Waals surface area contributed by atoms with Crippen LogP contribution in [0.2, 0.25) is 0 Å². The van der Waals surface area contributed by atoms with Gasteiger partial charge < -0.3 is 10.1 Å². The Hall–Kier alpha value is -1.32. The van der Waals surface area contributed by atoms with Gasteiger partial charge in [0.1, 0.15) is 12.1 Å². The molecule has 1 aliphatic rings. The average Bonchev–Trinajstić information content (AvgIpc) is 2.71. The van der Waals surface area contributed by atoms with E-state index in [-0.39, 0.29) is 0 Å². The summed E-state index contributed by atoms with van der Waals surface area (Å²) in [7, 11) is 0. The fourth-order valence-corrected chi connectivity index (χ4v) is 1.92. The maximum Gasteiger partial charge on any atom is 0.218 e. The summed E-state index contributed by atoms with van der Waals surface area (Å²) in [5, 5.41) is 3.41. The van der Waals surface area contributed by atoms with Crippen molar-refractivity contribution in [2.45, 2.75) is 38.6 Å². The molecule has 15 heavy (non-hydrogen) atoms. The van der Waals surface area contributed by atoms with E-state index in [2.05, 4.69) is 15.3 Å². The highest BCUT2D eigenvalue weighted by molar-refractivity contribution is 5.38. The van der Waals surface area contributed by atoms with Gasteiger partial charge in [-0.15, -0.1) is 0 Å². The van der Waals surface area contributed by atoms with Gasteiger partial charge in [-0.2, -0.15) is 0 Å². The first-order chi connectivity index (χ1) is 7.38. The summed E-state index contributed by atoms with van der Waals surface area (Å²) >= 11 is 0. The van der Waals surface area contributed by atoms with Gasteiger partial charge in [0.05, 0.1) is 6.61 Å². The lowest BCUT2D eigenvalue weighted by Crippen LogP contribution is -2.15. The van der Waals surface area contributed by atoms with Crippen LogP contribution in [-0.4, -0.2) is 22.6 Å². The second kappa shape index (κ2) is 4.96. The Bertz CT molecular complexity index is 310. The minimum atomic E-state index is 0.578. The quantitative estimate of drug-likeness (QED) is 0.822. The molecule has 1 N–H and O–H groups in total. The van der Waals surface area contributed by atoms with Crippen LogP contribution in [0.5, 0.6) is 5.88 Å². The van der Waals surface area contributed by atoms with Gasteiger partial charge in [0, 0.05) is 12.1 Å². The Morgan fingerprint density at radius 3 is 2.93 bits per heavy atom. The topological polar surface area (TPSA) is 47.0 Å². The van der Waals surface area contributed by atoms with E-state index >= 15 is 0 Å². The molecule has 4 heteroatoms. The van der Waals surface area contributed by atoms with E-state index in [1.165, 1.54) is 25.7 Å². The van der Waals surface area contributed by atoms with Crippen LogP contribution in [0, 0.1) is 0 Å². The van der Waals surface area contributed by atoms with Gasteiger partial charge in [-0.25, -0.2) is 9.97 Å². The number of hydrogen-bond donors (Lipinski definition) is 1. The highest BCUT2D eigenvalue weighted by Gasteiger charge is 2.15. The Morgan fingerprint density at radius 1 is 1.40 bits per heavy atom. The average molecular weight is 207 g/mol. The van der Waals surface area contributed by atoms with Crippen molar-refractivity contribution in [2.75, 3.05) is 11.9 Å². The molecule has 0 saturated heterocycles. The highest BCUT2D eigenvalue weighted by Crippen LogP contribution is 2.22. The Labute approximate surface area is 90.1 Å². The lowest BCUT2D eigenvalue weighted by atomic mass is 10.2. The number of anilines is 1. The number of rotatable bonds is 4. The molecule has 2 rings (SSSR count). The number of nitrogens with one attached hydrogen (secondary N) is 1. The molecular formula is C11H17N3O. The van der Waals surface area contributed by atoms with Gasteiger partial charge in [0.2, 0.25) is 5.88 Å². The van der Waals surface area contributed by atoms with Crippen molar-refractivity contribution in [2.24, 2.45) is 0 Å². The monoisotopic (exact) mass is 207 g/mol. The van der Waals surface area contributed by atoms with Crippen molar-refractivity contribution in [3.05, 3.63) is 12.4 Å². The Balaban J connectivity index is 1.97. The van der Waals surface area contributed by atoms with Crippen molar-refractivity contribution in [1.82, 2.24) is 9.97 Å². The maximum absolute atomic E-state index is 5.32. The number of hydrogen-bond acceptors (Lipinski definition) is 4. The second-order valence-electron chi connectivity index (χ2n) is 3.80. The van der Waals surface area contributed by atoms with Crippen molar-refractivity contribution < 1.29 is 4.74 Å². The molecule has 0 radical (unpaired) electrons. The van der Waals surface area contributed by atoms with Gasteiger partial charge in [-0.1, -0.05) is 12.8 Å². The smallest absolute Gasteiger partial charge is 0.218 e. The molecule has 1 saturated carbocycles. The molecule has 0 bridgehead atoms. The third kappa shape index (κ3) is 2.81. The first kappa shape index (κ1) is 10.2. The summed E-state index contributed by atoms with van der Waals surface area (Å²) < 4.78 is 5.32. The summed E-state index contributed by atoms with van der Waals surface area (Å²) in [4.78, 5) is 8.21. The molecule has 1 fully saturated rings. The number of aromatic nitrogens is 2. The normalized spacial score (nSPS) is 16.6. The van der Waals surface area contributed by atoms with Crippen LogP contribution in [0.25, 0.3) is 0 Å². The van der Waals surface area contributed by atoms with Crippen molar-refractivity contribution in [3.8, 4) is 5.88 Å². The molecule has 0 unspecified atom stereocenters. The van der Waals surface area contributed by atoms with E-state index < -0.39 is 0 Å². The lowest BCUT2D eigenvalue weighted by Gasteiger charge is -2.12. The summed E-state index contributed by atoms with van der Waals surface area (Å²) in [6, 6.07) is 2.44. The predicted molar refractivity (Wildman–Crippen MR) is 59.1 cm³/mol. The second-order valence-corrected chi connectivity index (χ2v) is 3.80. The van der Waals surface area contributed by atoms with Gasteiger partial charge >= 0.3 is 0 Å². The molecule has 0 amide bonds. The first-order valence-corrected chi connectivity index (χ1v) is 5.60. The van der Waals surface area contributed by atoms with E-state index in [4.69, 9.17) is 4.74 Å². The molecule has 0 atom stereocenters. The Morgan fingerprint density at radius 2 is 2.20 bits per heavy atom. The molecule has 0 aliphatic heterocycles. The number of nitrogens with zero attached hydrogens (tertiary/aromatic N) is 2. The minimum absolute atomic E-state index is 0.578. The van der Waals surface area contributed by atoms with E-state index in [1.807, 2.05) is 13.0 Å².